The Morgan fingerprint density at radius 3 is 1.62 bits per heavy atom. The predicted octanol–water partition coefficient (Wildman–Crippen LogP) is -4.15. The van der Waals surface area contributed by atoms with Crippen LogP contribution in [0.1, 0.15) is 12.8 Å². The van der Waals surface area contributed by atoms with Gasteiger partial charge in [-0.25, -0.2) is 0 Å². The molecular weight excluding hydrogens is 394 g/mol. The fraction of sp³-hybridized carbons (Fsp3) is 0.812. The molecule has 0 aliphatic carbocycles. The van der Waals surface area contributed by atoms with Crippen LogP contribution < -0.4 is 16.0 Å². The number of carboxylic acid groups (broad SMARTS) is 3. The molecule has 13 heteroatoms. The smallest absolute Gasteiger partial charge is 0.335 e. The third kappa shape index (κ3) is 8.18. The molecule has 0 amide bonds. The molecule has 0 aromatic carbocycles. The van der Waals surface area contributed by atoms with Crippen LogP contribution in [0.25, 0.3) is 0 Å². The van der Waals surface area contributed by atoms with Gasteiger partial charge in [-0.1, -0.05) is 0 Å². The molecule has 29 heavy (non-hydrogen) atoms. The molecule has 0 aromatic heterocycles. The van der Waals surface area contributed by atoms with Gasteiger partial charge in [-0.05, 0) is 25.9 Å². The van der Waals surface area contributed by atoms with Crippen LogP contribution in [-0.2, 0) is 14.4 Å². The van der Waals surface area contributed by atoms with Gasteiger partial charge in [0.25, 0.3) is 5.41 Å². The van der Waals surface area contributed by atoms with Crippen molar-refractivity contribution < 1.29 is 50.1 Å². The van der Waals surface area contributed by atoms with Crippen molar-refractivity contribution in [3.8, 4) is 0 Å². The van der Waals surface area contributed by atoms with Crippen LogP contribution in [0.5, 0.6) is 0 Å². The van der Waals surface area contributed by atoms with Gasteiger partial charge in [-0.15, -0.1) is 0 Å². The van der Waals surface area contributed by atoms with Crippen molar-refractivity contribution in [3.05, 3.63) is 0 Å². The molecule has 0 aliphatic rings. The topological polar surface area (TPSA) is 229 Å². The first-order chi connectivity index (χ1) is 13.7. The summed E-state index contributed by atoms with van der Waals surface area (Å²) < 4.78 is 0. The van der Waals surface area contributed by atoms with E-state index in [4.69, 9.17) is 20.4 Å². The fourth-order valence-electron chi connectivity index (χ4n) is 2.56. The molecule has 3 unspecified atom stereocenters. The first-order valence-corrected chi connectivity index (χ1v) is 9.06. The number of aliphatic hydroxyl groups is 4. The van der Waals surface area contributed by atoms with Gasteiger partial charge in [0, 0.05) is 31.8 Å². The van der Waals surface area contributed by atoms with Crippen molar-refractivity contribution in [2.75, 3.05) is 46.0 Å². The van der Waals surface area contributed by atoms with E-state index in [2.05, 4.69) is 16.0 Å². The van der Waals surface area contributed by atoms with Crippen LogP contribution in [0, 0.1) is 5.41 Å². The molecule has 0 saturated carbocycles. The second kappa shape index (κ2) is 14.2. The monoisotopic (exact) mass is 425 g/mol. The summed E-state index contributed by atoms with van der Waals surface area (Å²) in [5.74, 6) is -6.56. The minimum absolute atomic E-state index is 0.0217. The number of hydrogen-bond donors (Lipinski definition) is 10. The van der Waals surface area contributed by atoms with E-state index < -0.39 is 41.9 Å². The van der Waals surface area contributed by atoms with Crippen LogP contribution in [0.4, 0.5) is 0 Å². The van der Waals surface area contributed by atoms with Crippen molar-refractivity contribution in [3.63, 3.8) is 0 Å². The largest absolute Gasteiger partial charge is 0.480 e. The van der Waals surface area contributed by atoms with Crippen molar-refractivity contribution in [2.45, 2.75) is 31.0 Å². The Bertz CT molecular complexity index is 483. The molecule has 0 aliphatic heterocycles. The second-order valence-electron chi connectivity index (χ2n) is 6.43. The number of carboxylic acids is 3. The summed E-state index contributed by atoms with van der Waals surface area (Å²) in [6, 6.07) is -0.821. The molecule has 13 nitrogen and oxygen atoms in total. The predicted molar refractivity (Wildman–Crippen MR) is 98.3 cm³/mol. The molecule has 0 fully saturated rings. The highest BCUT2D eigenvalue weighted by Gasteiger charge is 2.60. The number of aliphatic carboxylic acids is 3. The zero-order chi connectivity index (χ0) is 22.4. The van der Waals surface area contributed by atoms with Gasteiger partial charge in [0.15, 0.2) is 0 Å². The highest BCUT2D eigenvalue weighted by atomic mass is 16.4. The van der Waals surface area contributed by atoms with E-state index in [-0.39, 0.29) is 39.0 Å². The minimum atomic E-state index is -3.39. The molecular formula is C16H31N3O10. The summed E-state index contributed by atoms with van der Waals surface area (Å²) in [4.78, 5) is 33.6. The third-order valence-electron chi connectivity index (χ3n) is 4.35. The third-order valence-corrected chi connectivity index (χ3v) is 4.35. The van der Waals surface area contributed by atoms with E-state index in [1.54, 1.807) is 0 Å². The summed E-state index contributed by atoms with van der Waals surface area (Å²) in [6.45, 7) is 0.475. The van der Waals surface area contributed by atoms with Gasteiger partial charge in [0.2, 0.25) is 0 Å². The Morgan fingerprint density at radius 2 is 1.24 bits per heavy atom. The van der Waals surface area contributed by atoms with Gasteiger partial charge in [-0.2, -0.15) is 0 Å². The van der Waals surface area contributed by atoms with E-state index in [9.17, 15) is 29.7 Å². The lowest BCUT2D eigenvalue weighted by Crippen LogP contribution is -2.56. The van der Waals surface area contributed by atoms with E-state index in [1.165, 1.54) is 0 Å². The van der Waals surface area contributed by atoms with Crippen molar-refractivity contribution in [1.29, 1.82) is 0 Å². The lowest BCUT2D eigenvalue weighted by molar-refractivity contribution is -0.184. The number of rotatable bonds is 18. The number of nitrogens with one attached hydrogen (secondary N) is 3. The Kier molecular flexibility index (Phi) is 13.3. The summed E-state index contributed by atoms with van der Waals surface area (Å²) in [6.07, 6.45) is -2.17. The maximum Gasteiger partial charge on any atom is 0.335 e. The fourth-order valence-corrected chi connectivity index (χ4v) is 2.56. The number of hydrogen-bond acceptors (Lipinski definition) is 10. The molecule has 0 spiro atoms. The van der Waals surface area contributed by atoms with Gasteiger partial charge in [0.05, 0.1) is 19.3 Å². The quantitative estimate of drug-likeness (QED) is 0.0743. The van der Waals surface area contributed by atoms with E-state index in [0.29, 0.717) is 19.5 Å². The number of carbonyl (C=O) groups is 3. The Balaban J connectivity index is 4.54. The highest BCUT2D eigenvalue weighted by Crippen LogP contribution is 2.26. The van der Waals surface area contributed by atoms with Crippen molar-refractivity contribution >= 4 is 17.9 Å². The number of aliphatic hydroxyl groups excluding tert-OH is 4. The Labute approximate surface area is 167 Å². The molecule has 0 bridgehead atoms. The van der Waals surface area contributed by atoms with Gasteiger partial charge in [0.1, 0.15) is 0 Å². The van der Waals surface area contributed by atoms with Crippen molar-refractivity contribution in [1.82, 2.24) is 16.0 Å². The summed E-state index contributed by atoms with van der Waals surface area (Å²) in [5, 5.41) is 73.1. The first kappa shape index (κ1) is 27.1. The summed E-state index contributed by atoms with van der Waals surface area (Å²) in [7, 11) is 0. The second-order valence-corrected chi connectivity index (χ2v) is 6.43. The molecule has 0 radical (unpaired) electrons. The van der Waals surface area contributed by atoms with Gasteiger partial charge < -0.3 is 51.7 Å². The zero-order valence-electron chi connectivity index (χ0n) is 16.0. The molecule has 10 N–H and O–H groups in total. The van der Waals surface area contributed by atoms with Gasteiger partial charge in [-0.3, -0.25) is 14.4 Å². The van der Waals surface area contributed by atoms with E-state index >= 15 is 0 Å². The maximum absolute atomic E-state index is 11.2. The molecule has 170 valence electrons. The summed E-state index contributed by atoms with van der Waals surface area (Å²) in [5.41, 5.74) is -3.39. The van der Waals surface area contributed by atoms with Crippen LogP contribution >= 0.6 is 0 Å². The molecule has 0 heterocycles. The van der Waals surface area contributed by atoms with E-state index in [1.807, 2.05) is 0 Å². The van der Waals surface area contributed by atoms with Crippen LogP contribution in [-0.4, -0.2) is 118 Å². The average Bonchev–Trinajstić information content (AvgIpc) is 2.64. The normalized spacial score (nSPS) is 14.9. The maximum atomic E-state index is 11.2. The van der Waals surface area contributed by atoms with Crippen LogP contribution in [0.15, 0.2) is 0 Å². The Morgan fingerprint density at radius 1 is 0.793 bits per heavy atom. The molecule has 0 aromatic rings. The standard InChI is InChI=1S/C16H31N3O10/c20-5-1-3-18-10(8-21)6-17-7-11(9-22)19-4-2-12(23)16(13(24)25,14(26)27)15(28)29/h10-12,17-23H,1-9H2,(H,24,25)(H,26,27)(H,28,29). The van der Waals surface area contributed by atoms with Gasteiger partial charge >= 0.3 is 17.9 Å². The molecule has 0 rings (SSSR count). The molecule has 3 atom stereocenters. The zero-order valence-corrected chi connectivity index (χ0v) is 16.0. The van der Waals surface area contributed by atoms with Crippen LogP contribution in [0.3, 0.4) is 0 Å². The summed E-state index contributed by atoms with van der Waals surface area (Å²) >= 11 is 0. The minimum Gasteiger partial charge on any atom is -0.480 e. The SMILES string of the molecule is O=C(O)C(C(=O)O)(C(=O)O)C(O)CCNC(CO)CNCC(CO)NCCCO. The lowest BCUT2D eigenvalue weighted by Gasteiger charge is -2.26. The average molecular weight is 425 g/mol. The molecule has 0 saturated heterocycles. The van der Waals surface area contributed by atoms with E-state index in [0.717, 1.165) is 0 Å². The first-order valence-electron chi connectivity index (χ1n) is 9.06. The van der Waals surface area contributed by atoms with Crippen molar-refractivity contribution in [2.24, 2.45) is 5.41 Å². The Hall–Kier alpha value is -1.87. The van der Waals surface area contributed by atoms with Crippen LogP contribution in [0.2, 0.25) is 0 Å². The lowest BCUT2D eigenvalue weighted by atomic mass is 9.80. The highest BCUT2D eigenvalue weighted by molar-refractivity contribution is 6.17.